The number of nitrogens with one attached hydrogen (secondary N) is 1. The Kier molecular flexibility index (Phi) is 4.26. The van der Waals surface area contributed by atoms with E-state index in [-0.39, 0.29) is 11.6 Å². The summed E-state index contributed by atoms with van der Waals surface area (Å²) in [5.41, 5.74) is 0.517. The van der Waals surface area contributed by atoms with Gasteiger partial charge in [-0.15, -0.1) is 11.3 Å². The van der Waals surface area contributed by atoms with E-state index in [0.717, 1.165) is 0 Å². The lowest BCUT2D eigenvalue weighted by Crippen LogP contribution is -2.15. The lowest BCUT2D eigenvalue weighted by molar-refractivity contribution is 0.0607. The van der Waals surface area contributed by atoms with E-state index in [2.05, 4.69) is 20.0 Å². The Bertz CT molecular complexity index is 641. The molecule has 0 saturated heterocycles. The van der Waals surface area contributed by atoms with Crippen molar-refractivity contribution in [3.05, 3.63) is 34.4 Å². The van der Waals surface area contributed by atoms with Crippen LogP contribution in [0.3, 0.4) is 0 Å². The fraction of sp³-hybridized carbons (Fsp3) is 0.167. The van der Waals surface area contributed by atoms with Gasteiger partial charge in [-0.2, -0.15) is 0 Å². The van der Waals surface area contributed by atoms with Gasteiger partial charge in [0.2, 0.25) is 5.88 Å². The third-order valence-corrected chi connectivity index (χ3v) is 3.26. The molecule has 0 fully saturated rings. The molecule has 7 nitrogen and oxygen atoms in total. The third-order valence-electron chi connectivity index (χ3n) is 2.37. The maximum atomic E-state index is 12.0. The highest BCUT2D eigenvalue weighted by Gasteiger charge is 2.17. The van der Waals surface area contributed by atoms with Crippen molar-refractivity contribution in [3.63, 3.8) is 0 Å². The molecule has 0 spiro atoms. The SMILES string of the molecule is COC(=O)c1sccc1NC(=O)c1cc(OC)ncn1. The van der Waals surface area contributed by atoms with Crippen molar-refractivity contribution in [3.8, 4) is 5.88 Å². The monoisotopic (exact) mass is 293 g/mol. The first-order valence-electron chi connectivity index (χ1n) is 5.49. The maximum Gasteiger partial charge on any atom is 0.350 e. The highest BCUT2D eigenvalue weighted by molar-refractivity contribution is 7.12. The Labute approximate surface area is 118 Å². The van der Waals surface area contributed by atoms with Gasteiger partial charge in [0, 0.05) is 6.07 Å². The standard InChI is InChI=1S/C12H11N3O4S/c1-18-9-5-8(13-6-14-9)11(16)15-7-3-4-20-10(7)12(17)19-2/h3-6H,1-2H3,(H,15,16). The molecule has 0 unspecified atom stereocenters. The summed E-state index contributed by atoms with van der Waals surface area (Å²) in [4.78, 5) is 31.5. The van der Waals surface area contributed by atoms with Crippen molar-refractivity contribution in [1.82, 2.24) is 9.97 Å². The molecular weight excluding hydrogens is 282 g/mol. The summed E-state index contributed by atoms with van der Waals surface area (Å²) in [7, 11) is 2.72. The molecule has 0 saturated carbocycles. The number of carbonyl (C=O) groups excluding carboxylic acids is 2. The van der Waals surface area contributed by atoms with E-state index in [1.807, 2.05) is 0 Å². The number of carbonyl (C=O) groups is 2. The lowest BCUT2D eigenvalue weighted by atomic mass is 10.3. The average Bonchev–Trinajstić information content (AvgIpc) is 2.94. The number of ether oxygens (including phenoxy) is 2. The van der Waals surface area contributed by atoms with Gasteiger partial charge in [-0.25, -0.2) is 14.8 Å². The van der Waals surface area contributed by atoms with Crippen LogP contribution in [-0.2, 0) is 4.74 Å². The van der Waals surface area contributed by atoms with Gasteiger partial charge >= 0.3 is 5.97 Å². The van der Waals surface area contributed by atoms with E-state index in [1.165, 1.54) is 38.0 Å². The molecule has 1 amide bonds. The second kappa shape index (κ2) is 6.11. The summed E-state index contributed by atoms with van der Waals surface area (Å²) in [5.74, 6) is -0.687. The van der Waals surface area contributed by atoms with E-state index in [0.29, 0.717) is 10.6 Å². The first kappa shape index (κ1) is 13.9. The minimum atomic E-state index is -0.504. The van der Waals surface area contributed by atoms with E-state index in [4.69, 9.17) is 4.74 Å². The number of nitrogens with zero attached hydrogens (tertiary/aromatic N) is 2. The molecule has 0 aliphatic heterocycles. The molecule has 0 radical (unpaired) electrons. The van der Waals surface area contributed by atoms with Gasteiger partial charge < -0.3 is 14.8 Å². The molecule has 0 bridgehead atoms. The number of rotatable bonds is 4. The zero-order valence-corrected chi connectivity index (χ0v) is 11.6. The second-order valence-electron chi connectivity index (χ2n) is 3.55. The Hall–Kier alpha value is -2.48. The van der Waals surface area contributed by atoms with E-state index >= 15 is 0 Å². The maximum absolute atomic E-state index is 12.0. The number of esters is 1. The number of hydrogen-bond acceptors (Lipinski definition) is 7. The first-order chi connectivity index (χ1) is 9.65. The van der Waals surface area contributed by atoms with Gasteiger partial charge in [-0.05, 0) is 11.4 Å². The summed E-state index contributed by atoms with van der Waals surface area (Å²) in [5, 5.41) is 4.28. The zero-order chi connectivity index (χ0) is 14.5. The van der Waals surface area contributed by atoms with Crippen LogP contribution >= 0.6 is 11.3 Å². The van der Waals surface area contributed by atoms with Crippen LogP contribution < -0.4 is 10.1 Å². The fourth-order valence-corrected chi connectivity index (χ4v) is 2.19. The third kappa shape index (κ3) is 2.91. The van der Waals surface area contributed by atoms with E-state index in [1.54, 1.807) is 11.4 Å². The second-order valence-corrected chi connectivity index (χ2v) is 4.47. The van der Waals surface area contributed by atoms with Gasteiger partial charge in [-0.1, -0.05) is 0 Å². The summed E-state index contributed by atoms with van der Waals surface area (Å²) in [6.45, 7) is 0. The number of amides is 1. The minimum Gasteiger partial charge on any atom is -0.481 e. The highest BCUT2D eigenvalue weighted by Crippen LogP contribution is 2.23. The average molecular weight is 293 g/mol. The van der Waals surface area contributed by atoms with Crippen LogP contribution in [0.25, 0.3) is 0 Å². The van der Waals surface area contributed by atoms with Crippen LogP contribution in [-0.4, -0.2) is 36.1 Å². The lowest BCUT2D eigenvalue weighted by Gasteiger charge is -2.05. The Morgan fingerprint density at radius 1 is 1.30 bits per heavy atom. The molecule has 0 aromatic carbocycles. The van der Waals surface area contributed by atoms with Crippen molar-refractivity contribution in [2.75, 3.05) is 19.5 Å². The van der Waals surface area contributed by atoms with Crippen LogP contribution in [0.4, 0.5) is 5.69 Å². The van der Waals surface area contributed by atoms with Crippen LogP contribution in [0.1, 0.15) is 20.2 Å². The zero-order valence-electron chi connectivity index (χ0n) is 10.7. The van der Waals surface area contributed by atoms with Gasteiger partial charge in [0.25, 0.3) is 5.91 Å². The Balaban J connectivity index is 2.19. The van der Waals surface area contributed by atoms with Gasteiger partial charge in [0.15, 0.2) is 0 Å². The van der Waals surface area contributed by atoms with Crippen molar-refractivity contribution in [1.29, 1.82) is 0 Å². The predicted octanol–water partition coefficient (Wildman–Crippen LogP) is 1.59. The van der Waals surface area contributed by atoms with Gasteiger partial charge in [-0.3, -0.25) is 4.79 Å². The normalized spacial score (nSPS) is 9.90. The molecule has 0 aliphatic carbocycles. The molecule has 1 N–H and O–H groups in total. The molecule has 8 heteroatoms. The molecule has 2 aromatic rings. The number of aromatic nitrogens is 2. The van der Waals surface area contributed by atoms with Crippen molar-refractivity contribution in [2.24, 2.45) is 0 Å². The summed E-state index contributed by atoms with van der Waals surface area (Å²) >= 11 is 1.18. The number of methoxy groups -OCH3 is 2. The molecule has 104 valence electrons. The molecule has 2 heterocycles. The Morgan fingerprint density at radius 3 is 2.80 bits per heavy atom. The van der Waals surface area contributed by atoms with Crippen molar-refractivity contribution >= 4 is 28.9 Å². The quantitative estimate of drug-likeness (QED) is 0.861. The van der Waals surface area contributed by atoms with Gasteiger partial charge in [0.05, 0.1) is 19.9 Å². The largest absolute Gasteiger partial charge is 0.481 e. The number of anilines is 1. The molecule has 0 aliphatic rings. The number of thiophene rings is 1. The fourth-order valence-electron chi connectivity index (χ4n) is 1.42. The smallest absolute Gasteiger partial charge is 0.350 e. The van der Waals surface area contributed by atoms with E-state index < -0.39 is 11.9 Å². The van der Waals surface area contributed by atoms with Crippen molar-refractivity contribution in [2.45, 2.75) is 0 Å². The predicted molar refractivity (Wildman–Crippen MR) is 72.2 cm³/mol. The molecular formula is C12H11N3O4S. The van der Waals surface area contributed by atoms with Crippen molar-refractivity contribution < 1.29 is 19.1 Å². The minimum absolute atomic E-state index is 0.138. The molecule has 0 atom stereocenters. The van der Waals surface area contributed by atoms with Crippen LogP contribution in [0.5, 0.6) is 5.88 Å². The summed E-state index contributed by atoms with van der Waals surface area (Å²) in [6, 6.07) is 3.02. The summed E-state index contributed by atoms with van der Waals surface area (Å²) in [6.07, 6.45) is 1.22. The van der Waals surface area contributed by atoms with Crippen LogP contribution in [0.15, 0.2) is 23.8 Å². The van der Waals surface area contributed by atoms with Crippen LogP contribution in [0, 0.1) is 0 Å². The Morgan fingerprint density at radius 2 is 2.10 bits per heavy atom. The van der Waals surface area contributed by atoms with E-state index in [9.17, 15) is 9.59 Å². The topological polar surface area (TPSA) is 90.4 Å². The highest BCUT2D eigenvalue weighted by atomic mass is 32.1. The van der Waals surface area contributed by atoms with Crippen LogP contribution in [0.2, 0.25) is 0 Å². The molecule has 2 aromatic heterocycles. The molecule has 2 rings (SSSR count). The number of hydrogen-bond donors (Lipinski definition) is 1. The summed E-state index contributed by atoms with van der Waals surface area (Å²) < 4.78 is 9.55. The molecule has 20 heavy (non-hydrogen) atoms. The van der Waals surface area contributed by atoms with Gasteiger partial charge in [0.1, 0.15) is 16.9 Å². The first-order valence-corrected chi connectivity index (χ1v) is 6.37.